The maximum absolute atomic E-state index is 13.5. The molecule has 0 bridgehead atoms. The van der Waals surface area contributed by atoms with Gasteiger partial charge in [-0.05, 0) is 96.3 Å². The summed E-state index contributed by atoms with van der Waals surface area (Å²) < 4.78 is 12.2. The minimum absolute atomic E-state index is 0.00745. The molecular weight excluding hydrogens is 831 g/mol. The van der Waals surface area contributed by atoms with E-state index in [0.717, 1.165) is 5.69 Å². The summed E-state index contributed by atoms with van der Waals surface area (Å²) in [5.41, 5.74) is 3.69. The standard InChI is InChI=1S/C51H41N3O11/c1-27-11-16-35-42(22-27)65-43-25-30(54(2)3)14-19-36(43)46(35)33-18-13-29(24-39(33)50(60)61)48(57)53-40(51(62)63)9-6-7-21-52-47(56)28-12-17-32(38(23-28)49(58)59)45-34-8-4-5-10-41(34)64-44-26-31(55)15-20-37(44)45/h4-5,8,10-20,22-26,40H,1,6-7,9,21H2,2-3H3,(H,52,56)(H,53,57)(H,58,59)(H,60,61)(H,62,63). The van der Waals surface area contributed by atoms with Gasteiger partial charge in [-0.25, -0.2) is 14.4 Å². The highest BCUT2D eigenvalue weighted by Gasteiger charge is 2.28. The third-order valence-corrected chi connectivity index (χ3v) is 11.3. The van der Waals surface area contributed by atoms with Gasteiger partial charge in [0.25, 0.3) is 11.8 Å². The number of fused-ring (bicyclic) bond motifs is 4. The largest absolute Gasteiger partial charge is 0.480 e. The molecule has 326 valence electrons. The number of hydrogen-bond acceptors (Lipinski definition) is 9. The molecule has 14 nitrogen and oxygen atoms in total. The topological polar surface area (TPSA) is 213 Å². The van der Waals surface area contributed by atoms with Gasteiger partial charge >= 0.3 is 17.9 Å². The number of unbranched alkanes of at least 4 members (excludes halogenated alkanes) is 1. The third kappa shape index (κ3) is 8.65. The van der Waals surface area contributed by atoms with Crippen molar-refractivity contribution < 1.29 is 48.4 Å². The fourth-order valence-corrected chi connectivity index (χ4v) is 8.04. The number of amides is 2. The Morgan fingerprint density at radius 2 is 1.37 bits per heavy atom. The van der Waals surface area contributed by atoms with E-state index in [9.17, 15) is 44.1 Å². The van der Waals surface area contributed by atoms with Crippen molar-refractivity contribution in [2.24, 2.45) is 0 Å². The zero-order valence-corrected chi connectivity index (χ0v) is 35.1. The van der Waals surface area contributed by atoms with Crippen LogP contribution in [0.25, 0.3) is 45.6 Å². The van der Waals surface area contributed by atoms with Crippen molar-refractivity contribution in [3.63, 3.8) is 0 Å². The van der Waals surface area contributed by atoms with Crippen LogP contribution < -0.4 is 36.1 Å². The van der Waals surface area contributed by atoms with Crippen LogP contribution in [0.5, 0.6) is 11.5 Å². The molecule has 2 amide bonds. The number of nitrogens with zero attached hydrogens (tertiary/aromatic N) is 1. The molecule has 2 aliphatic heterocycles. The Morgan fingerprint density at radius 3 is 2.09 bits per heavy atom. The van der Waals surface area contributed by atoms with E-state index in [2.05, 4.69) is 17.2 Å². The summed E-state index contributed by atoms with van der Waals surface area (Å²) in [6, 6.07) is 29.4. The first-order valence-electron chi connectivity index (χ1n) is 20.5. The van der Waals surface area contributed by atoms with Crippen molar-refractivity contribution in [1.82, 2.24) is 10.6 Å². The minimum atomic E-state index is -1.33. The number of benzene rings is 6. The van der Waals surface area contributed by atoms with E-state index in [4.69, 9.17) is 9.15 Å². The zero-order chi connectivity index (χ0) is 46.1. The number of carbonyl (C=O) groups is 5. The molecule has 0 saturated carbocycles. The van der Waals surface area contributed by atoms with Crippen LogP contribution in [0.1, 0.15) is 71.8 Å². The Hall–Kier alpha value is -8.52. The molecule has 5 aromatic carbocycles. The fraction of sp³-hybridized carbons (Fsp3) is 0.137. The zero-order valence-electron chi connectivity index (χ0n) is 35.1. The smallest absolute Gasteiger partial charge is 0.336 e. The van der Waals surface area contributed by atoms with Crippen LogP contribution in [0.4, 0.5) is 5.69 Å². The molecule has 65 heavy (non-hydrogen) atoms. The van der Waals surface area contributed by atoms with Gasteiger partial charge in [0.05, 0.1) is 11.1 Å². The molecule has 5 aromatic rings. The van der Waals surface area contributed by atoms with Crippen LogP contribution in [0.15, 0.2) is 124 Å². The number of hydrogen-bond donors (Lipinski definition) is 5. The van der Waals surface area contributed by atoms with Gasteiger partial charge < -0.3 is 40.0 Å². The van der Waals surface area contributed by atoms with Crippen molar-refractivity contribution in [3.05, 3.63) is 169 Å². The lowest BCUT2D eigenvalue weighted by atomic mass is 9.88. The Kier molecular flexibility index (Phi) is 11.7. The number of rotatable bonds is 14. The van der Waals surface area contributed by atoms with Gasteiger partial charge in [-0.2, -0.15) is 0 Å². The Morgan fingerprint density at radius 1 is 0.692 bits per heavy atom. The number of para-hydroxylation sites is 1. The second kappa shape index (κ2) is 17.7. The summed E-state index contributed by atoms with van der Waals surface area (Å²) >= 11 is 0. The number of ether oxygens (including phenoxy) is 1. The minimum Gasteiger partial charge on any atom is -0.480 e. The van der Waals surface area contributed by atoms with Crippen LogP contribution in [-0.4, -0.2) is 71.7 Å². The van der Waals surface area contributed by atoms with Gasteiger partial charge in [-0.15, -0.1) is 0 Å². The Labute approximate surface area is 370 Å². The molecule has 0 aromatic heterocycles. The lowest BCUT2D eigenvalue weighted by Crippen LogP contribution is -2.41. The van der Waals surface area contributed by atoms with Gasteiger partial charge in [0.1, 0.15) is 28.9 Å². The molecule has 0 saturated heterocycles. The van der Waals surface area contributed by atoms with E-state index in [0.29, 0.717) is 72.7 Å². The van der Waals surface area contributed by atoms with E-state index in [1.165, 1.54) is 42.5 Å². The van der Waals surface area contributed by atoms with Gasteiger partial charge in [0, 0.05) is 82.5 Å². The van der Waals surface area contributed by atoms with E-state index in [1.54, 1.807) is 54.6 Å². The van der Waals surface area contributed by atoms with E-state index < -0.39 is 35.8 Å². The molecule has 2 heterocycles. The predicted molar refractivity (Wildman–Crippen MR) is 244 cm³/mol. The number of carboxylic acids is 3. The Bertz CT molecular complexity index is 3260. The summed E-state index contributed by atoms with van der Waals surface area (Å²) in [5, 5.41) is 37.9. The van der Waals surface area contributed by atoms with Crippen LogP contribution in [0, 0.1) is 0 Å². The average Bonchev–Trinajstić information content (AvgIpc) is 3.28. The third-order valence-electron chi connectivity index (χ3n) is 11.3. The van der Waals surface area contributed by atoms with Crippen LogP contribution in [-0.2, 0) is 4.79 Å². The second-order valence-corrected chi connectivity index (χ2v) is 15.8. The lowest BCUT2D eigenvalue weighted by Gasteiger charge is -2.24. The van der Waals surface area contributed by atoms with Crippen LogP contribution in [0.3, 0.4) is 0 Å². The number of nitrogens with one attached hydrogen (secondary N) is 2. The van der Waals surface area contributed by atoms with Crippen molar-refractivity contribution in [3.8, 4) is 33.9 Å². The Balaban J connectivity index is 0.947. The number of aromatic carboxylic acids is 2. The van der Waals surface area contributed by atoms with E-state index in [-0.39, 0.29) is 52.8 Å². The first-order chi connectivity index (χ1) is 31.2. The first-order valence-corrected chi connectivity index (χ1v) is 20.5. The van der Waals surface area contributed by atoms with Crippen molar-refractivity contribution >= 4 is 58.5 Å². The normalized spacial score (nSPS) is 12.1. The predicted octanol–water partition coefficient (Wildman–Crippen LogP) is 6.57. The quantitative estimate of drug-likeness (QED) is 0.0580. The number of carboxylic acid groups (broad SMARTS) is 3. The molecule has 1 unspecified atom stereocenters. The highest BCUT2D eigenvalue weighted by molar-refractivity contribution is 6.09. The molecule has 0 spiro atoms. The number of carbonyl (C=O) groups excluding carboxylic acids is 2. The maximum Gasteiger partial charge on any atom is 0.336 e. The highest BCUT2D eigenvalue weighted by atomic mass is 16.5. The molecule has 0 radical (unpaired) electrons. The van der Waals surface area contributed by atoms with Crippen LogP contribution >= 0.6 is 0 Å². The fourth-order valence-electron chi connectivity index (χ4n) is 8.04. The first kappa shape index (κ1) is 43.1. The monoisotopic (exact) mass is 871 g/mol. The summed E-state index contributed by atoms with van der Waals surface area (Å²) in [6.45, 7) is 4.11. The van der Waals surface area contributed by atoms with E-state index in [1.807, 2.05) is 37.2 Å². The SMILES string of the molecule is C=c1ccc2c(c1)Oc1cc(N(C)C)ccc1C=2c1ccc(C(=O)NC(CCCCNC(=O)c2ccc(-c3c4ccc(=O)cc-4oc4ccccc34)c(C(=O)O)c2)C(=O)O)cc1C(=O)O. The summed E-state index contributed by atoms with van der Waals surface area (Å²) in [6.07, 6.45) is 0.577. The molecule has 0 fully saturated rings. The van der Waals surface area contributed by atoms with Crippen molar-refractivity contribution in [2.75, 3.05) is 25.5 Å². The molecule has 14 heteroatoms. The van der Waals surface area contributed by atoms with Gasteiger partial charge in [-0.1, -0.05) is 49.0 Å². The molecular formula is C51H41N3O11. The van der Waals surface area contributed by atoms with Crippen LogP contribution in [0.2, 0.25) is 0 Å². The highest BCUT2D eigenvalue weighted by Crippen LogP contribution is 2.42. The van der Waals surface area contributed by atoms with Gasteiger partial charge in [-0.3, -0.25) is 14.4 Å². The molecule has 1 aliphatic carbocycles. The summed E-state index contributed by atoms with van der Waals surface area (Å²) in [5.74, 6) is -3.91. The number of anilines is 1. The van der Waals surface area contributed by atoms with Gasteiger partial charge in [0.15, 0.2) is 5.43 Å². The number of aliphatic carboxylic acids is 1. The van der Waals surface area contributed by atoms with Crippen molar-refractivity contribution in [2.45, 2.75) is 25.3 Å². The van der Waals surface area contributed by atoms with E-state index >= 15 is 0 Å². The lowest BCUT2D eigenvalue weighted by molar-refractivity contribution is -0.139. The van der Waals surface area contributed by atoms with Gasteiger partial charge in [0.2, 0.25) is 0 Å². The average molecular weight is 872 g/mol. The van der Waals surface area contributed by atoms with Crippen molar-refractivity contribution in [1.29, 1.82) is 0 Å². The summed E-state index contributed by atoms with van der Waals surface area (Å²) in [7, 11) is 3.78. The maximum atomic E-state index is 13.5. The molecule has 8 rings (SSSR count). The second-order valence-electron chi connectivity index (χ2n) is 15.8. The summed E-state index contributed by atoms with van der Waals surface area (Å²) in [4.78, 5) is 78.5. The molecule has 1 atom stereocenters. The molecule has 3 aliphatic rings. The molecule has 5 N–H and O–H groups in total.